The second-order valence-corrected chi connectivity index (χ2v) is 11.6. The minimum atomic E-state index is 0.202. The van der Waals surface area contributed by atoms with Gasteiger partial charge in [-0.15, -0.1) is 23.5 Å². The van der Waals surface area contributed by atoms with Crippen molar-refractivity contribution in [2.75, 3.05) is 64.9 Å². The molecule has 6 heteroatoms. The van der Waals surface area contributed by atoms with E-state index in [0.29, 0.717) is 0 Å². The number of hydrogen-bond donors (Lipinski definition) is 0. The fourth-order valence-electron chi connectivity index (χ4n) is 4.09. The second kappa shape index (κ2) is 12.1. The lowest BCUT2D eigenvalue weighted by molar-refractivity contribution is 0.327. The first-order valence-corrected chi connectivity index (χ1v) is 13.4. The minimum Gasteiger partial charge on any atom is -0.493 e. The van der Waals surface area contributed by atoms with Crippen molar-refractivity contribution in [1.82, 2.24) is 4.90 Å². The second-order valence-electron chi connectivity index (χ2n) is 8.59. The van der Waals surface area contributed by atoms with Gasteiger partial charge in [-0.25, -0.2) is 0 Å². The minimum absolute atomic E-state index is 0.202. The lowest BCUT2D eigenvalue weighted by Crippen LogP contribution is -2.27. The Bertz CT molecular complexity index is 836. The van der Waals surface area contributed by atoms with Crippen molar-refractivity contribution < 1.29 is 9.47 Å². The average Bonchev–Trinajstić information content (AvgIpc) is 2.83. The molecule has 32 heavy (non-hydrogen) atoms. The standard InChI is InChI=1S/C26H38N2O2S2/c1-27(2)23-11-9-22(10-12-23)26(31-18-7-19-32-26)15-6-16-28(3)17-14-21-8-13-24(29-4)25(20-21)30-5/h8-13,20H,6-7,14-19H2,1-5H3. The Morgan fingerprint density at radius 2 is 1.56 bits per heavy atom. The smallest absolute Gasteiger partial charge is 0.160 e. The number of benzene rings is 2. The van der Waals surface area contributed by atoms with Crippen molar-refractivity contribution in [1.29, 1.82) is 0 Å². The fraction of sp³-hybridized carbons (Fsp3) is 0.538. The van der Waals surface area contributed by atoms with Crippen LogP contribution in [-0.4, -0.2) is 64.9 Å². The number of anilines is 1. The Morgan fingerprint density at radius 1 is 0.875 bits per heavy atom. The summed E-state index contributed by atoms with van der Waals surface area (Å²) in [5.74, 6) is 4.12. The van der Waals surface area contributed by atoms with E-state index in [-0.39, 0.29) is 4.08 Å². The normalized spacial score (nSPS) is 15.6. The molecule has 0 aromatic heterocycles. The summed E-state index contributed by atoms with van der Waals surface area (Å²) < 4.78 is 11.0. The molecule has 176 valence electrons. The molecular formula is C26H38N2O2S2. The Hall–Kier alpha value is -1.50. The first kappa shape index (κ1) is 25.1. The van der Waals surface area contributed by atoms with E-state index < -0.39 is 0 Å². The molecule has 3 rings (SSSR count). The van der Waals surface area contributed by atoms with Crippen LogP contribution < -0.4 is 14.4 Å². The molecule has 0 N–H and O–H groups in total. The van der Waals surface area contributed by atoms with Crippen LogP contribution in [0.3, 0.4) is 0 Å². The molecule has 0 saturated carbocycles. The maximum atomic E-state index is 5.44. The molecule has 1 fully saturated rings. The molecule has 1 aliphatic heterocycles. The molecule has 0 bridgehead atoms. The van der Waals surface area contributed by atoms with Gasteiger partial charge in [0.05, 0.1) is 18.3 Å². The Labute approximate surface area is 203 Å². The van der Waals surface area contributed by atoms with E-state index in [1.807, 2.05) is 6.07 Å². The van der Waals surface area contributed by atoms with Crippen LogP contribution in [0.25, 0.3) is 0 Å². The molecule has 0 radical (unpaired) electrons. The molecule has 0 unspecified atom stereocenters. The molecule has 1 heterocycles. The molecule has 1 saturated heterocycles. The molecule has 2 aromatic carbocycles. The molecule has 2 aromatic rings. The first-order chi connectivity index (χ1) is 15.5. The highest BCUT2D eigenvalue weighted by Crippen LogP contribution is 2.53. The molecule has 0 spiro atoms. The van der Waals surface area contributed by atoms with Gasteiger partial charge < -0.3 is 19.3 Å². The molecule has 0 amide bonds. The summed E-state index contributed by atoms with van der Waals surface area (Å²) in [6.45, 7) is 2.16. The lowest BCUT2D eigenvalue weighted by Gasteiger charge is -2.37. The van der Waals surface area contributed by atoms with Crippen molar-refractivity contribution in [3.8, 4) is 11.5 Å². The van der Waals surface area contributed by atoms with E-state index in [1.165, 1.54) is 47.6 Å². The molecule has 0 aliphatic carbocycles. The number of thioether (sulfide) groups is 2. The third kappa shape index (κ3) is 6.52. The number of rotatable bonds is 11. The summed E-state index contributed by atoms with van der Waals surface area (Å²) in [5, 5.41) is 0. The number of methoxy groups -OCH3 is 2. The maximum Gasteiger partial charge on any atom is 0.160 e. The van der Waals surface area contributed by atoms with Crippen LogP contribution in [0, 0.1) is 0 Å². The van der Waals surface area contributed by atoms with Gasteiger partial charge in [0.15, 0.2) is 11.5 Å². The monoisotopic (exact) mass is 474 g/mol. The van der Waals surface area contributed by atoms with Crippen LogP contribution in [0.15, 0.2) is 42.5 Å². The molecule has 1 aliphatic rings. The summed E-state index contributed by atoms with van der Waals surface area (Å²) in [5.41, 5.74) is 4.03. The highest BCUT2D eigenvalue weighted by molar-refractivity contribution is 8.18. The SMILES string of the molecule is COc1ccc(CCN(C)CCCC2(c3ccc(N(C)C)cc3)SCCCS2)cc1OC. The third-order valence-electron chi connectivity index (χ3n) is 6.06. The Morgan fingerprint density at radius 3 is 2.19 bits per heavy atom. The van der Waals surface area contributed by atoms with Gasteiger partial charge >= 0.3 is 0 Å². The zero-order chi connectivity index (χ0) is 23.0. The molecular weight excluding hydrogens is 436 g/mol. The summed E-state index contributed by atoms with van der Waals surface area (Å²) >= 11 is 4.31. The highest BCUT2D eigenvalue weighted by Gasteiger charge is 2.35. The fourth-order valence-corrected chi connectivity index (χ4v) is 7.53. The zero-order valence-electron chi connectivity index (χ0n) is 20.2. The van der Waals surface area contributed by atoms with Gasteiger partial charge in [0, 0.05) is 26.3 Å². The quantitative estimate of drug-likeness (QED) is 0.411. The summed E-state index contributed by atoms with van der Waals surface area (Å²) in [4.78, 5) is 4.63. The molecule has 4 nitrogen and oxygen atoms in total. The Kier molecular flexibility index (Phi) is 9.50. The van der Waals surface area contributed by atoms with E-state index in [1.54, 1.807) is 14.2 Å². The Balaban J connectivity index is 1.54. The summed E-state index contributed by atoms with van der Waals surface area (Å²) in [6, 6.07) is 15.5. The van der Waals surface area contributed by atoms with Crippen LogP contribution >= 0.6 is 23.5 Å². The van der Waals surface area contributed by atoms with Gasteiger partial charge in [-0.2, -0.15) is 0 Å². The summed E-state index contributed by atoms with van der Waals surface area (Å²) in [7, 11) is 9.82. The van der Waals surface area contributed by atoms with Crippen LogP contribution in [0.1, 0.15) is 30.4 Å². The highest BCUT2D eigenvalue weighted by atomic mass is 32.2. The third-order valence-corrected chi connectivity index (χ3v) is 9.56. The number of nitrogens with zero attached hydrogens (tertiary/aromatic N) is 2. The van der Waals surface area contributed by atoms with E-state index in [4.69, 9.17) is 9.47 Å². The number of likely N-dealkylation sites (N-methyl/N-ethyl adjacent to an activating group) is 1. The van der Waals surface area contributed by atoms with Gasteiger partial charge in [0.2, 0.25) is 0 Å². The largest absolute Gasteiger partial charge is 0.493 e. The predicted octanol–water partition coefficient (Wildman–Crippen LogP) is 5.75. The molecule has 0 atom stereocenters. The van der Waals surface area contributed by atoms with Crippen LogP contribution in [-0.2, 0) is 10.5 Å². The van der Waals surface area contributed by atoms with Crippen LogP contribution in [0.5, 0.6) is 11.5 Å². The van der Waals surface area contributed by atoms with Crippen LogP contribution in [0.2, 0.25) is 0 Å². The van der Waals surface area contributed by atoms with Crippen molar-refractivity contribution in [3.05, 3.63) is 53.6 Å². The first-order valence-electron chi connectivity index (χ1n) is 11.4. The van der Waals surface area contributed by atoms with Crippen molar-refractivity contribution in [2.24, 2.45) is 0 Å². The lowest BCUT2D eigenvalue weighted by atomic mass is 10.1. The average molecular weight is 475 g/mol. The van der Waals surface area contributed by atoms with Gasteiger partial charge in [-0.1, -0.05) is 18.2 Å². The van der Waals surface area contributed by atoms with Crippen molar-refractivity contribution in [2.45, 2.75) is 29.8 Å². The zero-order valence-corrected chi connectivity index (χ0v) is 21.9. The van der Waals surface area contributed by atoms with Gasteiger partial charge in [-0.3, -0.25) is 0 Å². The van der Waals surface area contributed by atoms with Crippen molar-refractivity contribution >= 4 is 29.2 Å². The van der Waals surface area contributed by atoms with E-state index in [9.17, 15) is 0 Å². The van der Waals surface area contributed by atoms with E-state index >= 15 is 0 Å². The predicted molar refractivity (Wildman–Crippen MR) is 142 cm³/mol. The van der Waals surface area contributed by atoms with Gasteiger partial charge in [0.25, 0.3) is 0 Å². The van der Waals surface area contributed by atoms with Crippen LogP contribution in [0.4, 0.5) is 5.69 Å². The number of ether oxygens (including phenoxy) is 2. The van der Waals surface area contributed by atoms with E-state index in [2.05, 4.69) is 90.9 Å². The maximum absolute atomic E-state index is 5.44. The van der Waals surface area contributed by atoms with E-state index in [0.717, 1.165) is 31.0 Å². The topological polar surface area (TPSA) is 24.9 Å². The van der Waals surface area contributed by atoms with Gasteiger partial charge in [0.1, 0.15) is 0 Å². The summed E-state index contributed by atoms with van der Waals surface area (Å²) in [6.07, 6.45) is 4.75. The van der Waals surface area contributed by atoms with Gasteiger partial charge in [-0.05, 0) is 86.2 Å². The van der Waals surface area contributed by atoms with Crippen molar-refractivity contribution in [3.63, 3.8) is 0 Å². The number of hydrogen-bond acceptors (Lipinski definition) is 6.